The number of carbonyl (C=O) groups excluding carboxylic acids is 2. The van der Waals surface area contributed by atoms with E-state index >= 15 is 0 Å². The Labute approximate surface area is 170 Å². The van der Waals surface area contributed by atoms with Crippen molar-refractivity contribution < 1.29 is 19.1 Å². The lowest BCUT2D eigenvalue weighted by Crippen LogP contribution is -2.31. The van der Waals surface area contributed by atoms with Crippen LogP contribution in [-0.4, -0.2) is 37.4 Å². The minimum absolute atomic E-state index is 0.0114. The van der Waals surface area contributed by atoms with Crippen LogP contribution in [0.5, 0.6) is 11.5 Å². The standard InChI is InChI=1S/C22H24ClNO4/c1-27-17-9-10-18(21(14-17)28-2)19-4-3-13-24(19)22(26)12-11-20(25)15-5-7-16(23)8-6-15/h5-10,14,19H,3-4,11-13H2,1-2H3/t19-/m0/s1. The van der Waals surface area contributed by atoms with Gasteiger partial charge in [-0.25, -0.2) is 0 Å². The van der Waals surface area contributed by atoms with Crippen LogP contribution in [0.4, 0.5) is 0 Å². The minimum atomic E-state index is -0.0530. The first-order valence-electron chi connectivity index (χ1n) is 9.33. The van der Waals surface area contributed by atoms with E-state index in [0.717, 1.165) is 18.4 Å². The topological polar surface area (TPSA) is 55.8 Å². The number of ether oxygens (including phenoxy) is 2. The van der Waals surface area contributed by atoms with Crippen LogP contribution in [0.1, 0.15) is 47.6 Å². The molecule has 0 radical (unpaired) electrons. The molecule has 1 heterocycles. The number of halogens is 1. The predicted octanol–water partition coefficient (Wildman–Crippen LogP) is 4.68. The number of nitrogens with zero attached hydrogens (tertiary/aromatic N) is 1. The second-order valence-electron chi connectivity index (χ2n) is 6.78. The van der Waals surface area contributed by atoms with Gasteiger partial charge in [-0.05, 0) is 49.2 Å². The Morgan fingerprint density at radius 1 is 1.07 bits per heavy atom. The van der Waals surface area contributed by atoms with Crippen molar-refractivity contribution in [3.05, 3.63) is 58.6 Å². The number of Topliss-reactive ketones (excluding diaryl/α,β-unsaturated/α-hetero) is 1. The molecule has 0 saturated carbocycles. The molecule has 5 nitrogen and oxygen atoms in total. The molecule has 6 heteroatoms. The van der Waals surface area contributed by atoms with Crippen LogP contribution in [0, 0.1) is 0 Å². The van der Waals surface area contributed by atoms with Gasteiger partial charge in [0.25, 0.3) is 0 Å². The number of methoxy groups -OCH3 is 2. The van der Waals surface area contributed by atoms with E-state index in [1.807, 2.05) is 23.1 Å². The van der Waals surface area contributed by atoms with Crippen molar-refractivity contribution in [1.29, 1.82) is 0 Å². The summed E-state index contributed by atoms with van der Waals surface area (Å²) in [5.41, 5.74) is 1.55. The lowest BCUT2D eigenvalue weighted by atomic mass is 10.0. The van der Waals surface area contributed by atoms with E-state index in [-0.39, 0.29) is 30.6 Å². The molecule has 2 aromatic carbocycles. The number of rotatable bonds is 7. The summed E-state index contributed by atoms with van der Waals surface area (Å²) in [5, 5.41) is 0.584. The molecule has 1 atom stereocenters. The van der Waals surface area contributed by atoms with E-state index < -0.39 is 0 Å². The van der Waals surface area contributed by atoms with Gasteiger partial charge in [0.15, 0.2) is 5.78 Å². The molecule has 0 aliphatic carbocycles. The Morgan fingerprint density at radius 2 is 1.82 bits per heavy atom. The average Bonchev–Trinajstić information content (AvgIpc) is 3.21. The number of carbonyl (C=O) groups is 2. The van der Waals surface area contributed by atoms with Crippen LogP contribution in [0.3, 0.4) is 0 Å². The lowest BCUT2D eigenvalue weighted by molar-refractivity contribution is -0.132. The van der Waals surface area contributed by atoms with Crippen LogP contribution in [0.25, 0.3) is 0 Å². The van der Waals surface area contributed by atoms with Crippen molar-refractivity contribution in [2.75, 3.05) is 20.8 Å². The smallest absolute Gasteiger partial charge is 0.223 e. The molecule has 0 N–H and O–H groups in total. The quantitative estimate of drug-likeness (QED) is 0.632. The highest BCUT2D eigenvalue weighted by atomic mass is 35.5. The van der Waals surface area contributed by atoms with Gasteiger partial charge >= 0.3 is 0 Å². The summed E-state index contributed by atoms with van der Waals surface area (Å²) in [4.78, 5) is 27.0. The SMILES string of the molecule is COc1ccc([C@@H]2CCCN2C(=O)CCC(=O)c2ccc(Cl)cc2)c(OC)c1. The maximum absolute atomic E-state index is 12.8. The summed E-state index contributed by atoms with van der Waals surface area (Å²) >= 11 is 5.86. The van der Waals surface area contributed by atoms with Crippen molar-refractivity contribution in [3.63, 3.8) is 0 Å². The van der Waals surface area contributed by atoms with E-state index in [0.29, 0.717) is 28.6 Å². The minimum Gasteiger partial charge on any atom is -0.497 e. The molecular weight excluding hydrogens is 378 g/mol. The highest BCUT2D eigenvalue weighted by Crippen LogP contribution is 2.39. The highest BCUT2D eigenvalue weighted by Gasteiger charge is 2.32. The van der Waals surface area contributed by atoms with E-state index in [2.05, 4.69) is 0 Å². The fraction of sp³-hybridized carbons (Fsp3) is 0.364. The number of amides is 1. The molecule has 1 aliphatic rings. The van der Waals surface area contributed by atoms with Crippen LogP contribution in [0.2, 0.25) is 5.02 Å². The first kappa shape index (κ1) is 20.2. The molecule has 0 bridgehead atoms. The fourth-order valence-electron chi connectivity index (χ4n) is 3.63. The van der Waals surface area contributed by atoms with E-state index in [1.54, 1.807) is 38.5 Å². The normalized spacial score (nSPS) is 16.1. The van der Waals surface area contributed by atoms with Gasteiger partial charge in [0.05, 0.1) is 20.3 Å². The molecule has 148 valence electrons. The first-order valence-corrected chi connectivity index (χ1v) is 9.71. The Kier molecular flexibility index (Phi) is 6.57. The third-order valence-corrected chi connectivity index (χ3v) is 5.36. The van der Waals surface area contributed by atoms with Crippen LogP contribution >= 0.6 is 11.6 Å². The van der Waals surface area contributed by atoms with Crippen molar-refractivity contribution in [3.8, 4) is 11.5 Å². The van der Waals surface area contributed by atoms with Gasteiger partial charge in [0.1, 0.15) is 11.5 Å². The van der Waals surface area contributed by atoms with Gasteiger partial charge in [-0.3, -0.25) is 9.59 Å². The van der Waals surface area contributed by atoms with Crippen molar-refractivity contribution in [2.24, 2.45) is 0 Å². The molecule has 2 aromatic rings. The molecular formula is C22H24ClNO4. The number of hydrogen-bond acceptors (Lipinski definition) is 4. The van der Waals surface area contributed by atoms with Gasteiger partial charge in [0, 0.05) is 41.6 Å². The first-order chi connectivity index (χ1) is 13.5. The van der Waals surface area contributed by atoms with Gasteiger partial charge in [-0.1, -0.05) is 11.6 Å². The summed E-state index contributed by atoms with van der Waals surface area (Å²) in [6.45, 7) is 0.688. The number of likely N-dealkylation sites (tertiary alicyclic amines) is 1. The van der Waals surface area contributed by atoms with Gasteiger partial charge in [-0.2, -0.15) is 0 Å². The van der Waals surface area contributed by atoms with Gasteiger partial charge in [-0.15, -0.1) is 0 Å². The van der Waals surface area contributed by atoms with Crippen molar-refractivity contribution >= 4 is 23.3 Å². The largest absolute Gasteiger partial charge is 0.497 e. The van der Waals surface area contributed by atoms with Crippen molar-refractivity contribution in [1.82, 2.24) is 4.90 Å². The van der Waals surface area contributed by atoms with E-state index in [1.165, 1.54) is 0 Å². The fourth-order valence-corrected chi connectivity index (χ4v) is 3.75. The maximum atomic E-state index is 12.8. The second kappa shape index (κ2) is 9.11. The van der Waals surface area contributed by atoms with Crippen LogP contribution in [-0.2, 0) is 4.79 Å². The summed E-state index contributed by atoms with van der Waals surface area (Å²) < 4.78 is 10.8. The highest BCUT2D eigenvalue weighted by molar-refractivity contribution is 6.30. The molecule has 1 amide bonds. The maximum Gasteiger partial charge on any atom is 0.223 e. The van der Waals surface area contributed by atoms with Crippen LogP contribution in [0.15, 0.2) is 42.5 Å². The summed E-state index contributed by atoms with van der Waals surface area (Å²) in [5.74, 6) is 1.36. The number of hydrogen-bond donors (Lipinski definition) is 0. The molecule has 1 fully saturated rings. The summed E-state index contributed by atoms with van der Waals surface area (Å²) in [7, 11) is 3.22. The third kappa shape index (κ3) is 4.47. The zero-order valence-electron chi connectivity index (χ0n) is 16.1. The number of benzene rings is 2. The molecule has 0 spiro atoms. The van der Waals surface area contributed by atoms with Crippen LogP contribution < -0.4 is 9.47 Å². The Hall–Kier alpha value is -2.53. The molecule has 1 aliphatic heterocycles. The van der Waals surface area contributed by atoms with E-state index in [9.17, 15) is 9.59 Å². The van der Waals surface area contributed by atoms with E-state index in [4.69, 9.17) is 21.1 Å². The molecule has 0 unspecified atom stereocenters. The third-order valence-electron chi connectivity index (χ3n) is 5.10. The Bertz CT molecular complexity index is 850. The lowest BCUT2D eigenvalue weighted by Gasteiger charge is -2.26. The Balaban J connectivity index is 1.68. The summed E-state index contributed by atoms with van der Waals surface area (Å²) in [6.07, 6.45) is 2.18. The zero-order chi connectivity index (χ0) is 20.1. The molecule has 3 rings (SSSR count). The summed E-state index contributed by atoms with van der Waals surface area (Å²) in [6, 6.07) is 12.4. The molecule has 1 saturated heterocycles. The molecule has 28 heavy (non-hydrogen) atoms. The number of ketones is 1. The average molecular weight is 402 g/mol. The molecule has 0 aromatic heterocycles. The van der Waals surface area contributed by atoms with Gasteiger partial charge in [0.2, 0.25) is 5.91 Å². The monoisotopic (exact) mass is 401 g/mol. The van der Waals surface area contributed by atoms with Crippen molar-refractivity contribution in [2.45, 2.75) is 31.7 Å². The zero-order valence-corrected chi connectivity index (χ0v) is 16.9. The predicted molar refractivity (Wildman–Crippen MR) is 108 cm³/mol. The second-order valence-corrected chi connectivity index (χ2v) is 7.22. The Morgan fingerprint density at radius 3 is 2.50 bits per heavy atom. The van der Waals surface area contributed by atoms with Gasteiger partial charge < -0.3 is 14.4 Å².